The molecule has 1 aromatic heterocycles. The Balaban J connectivity index is 1.69. The molecule has 2 N–H and O–H groups in total. The second kappa shape index (κ2) is 8.47. The number of aromatic amines is 1. The van der Waals surface area contributed by atoms with Gasteiger partial charge in [-0.25, -0.2) is 4.98 Å². The van der Waals surface area contributed by atoms with Crippen LogP contribution in [0.5, 0.6) is 0 Å². The monoisotopic (exact) mass is 387 g/mol. The second-order valence-corrected chi connectivity index (χ2v) is 7.08. The van der Waals surface area contributed by atoms with E-state index >= 15 is 0 Å². The minimum Gasteiger partial charge on any atom is -0.348 e. The molecule has 1 saturated heterocycles. The first kappa shape index (κ1) is 19.3. The topological polar surface area (TPSA) is 81.3 Å². The number of hydrogen-bond acceptors (Lipinski definition) is 4. The minimum absolute atomic E-state index is 0.0259. The van der Waals surface area contributed by atoms with E-state index in [1.54, 1.807) is 12.1 Å². The molecule has 144 valence electrons. The van der Waals surface area contributed by atoms with Crippen LogP contribution in [0.4, 0.5) is 5.69 Å². The lowest BCUT2D eigenvalue weighted by atomic mass is 9.96. The van der Waals surface area contributed by atoms with Crippen LogP contribution in [0.15, 0.2) is 29.3 Å². The van der Waals surface area contributed by atoms with Crippen LogP contribution in [-0.2, 0) is 4.79 Å². The zero-order valence-corrected chi connectivity index (χ0v) is 16.5. The largest absolute Gasteiger partial charge is 0.348 e. The number of fused-ring (bicyclic) bond motifs is 1. The average Bonchev–Trinajstić information content (AvgIpc) is 2.69. The van der Waals surface area contributed by atoms with E-state index in [2.05, 4.69) is 15.3 Å². The van der Waals surface area contributed by atoms with Crippen molar-refractivity contribution in [3.8, 4) is 0 Å². The molecular formula is C19H25N5O2S. The van der Waals surface area contributed by atoms with E-state index < -0.39 is 0 Å². The zero-order valence-electron chi connectivity index (χ0n) is 15.7. The highest BCUT2D eigenvalue weighted by atomic mass is 32.1. The molecule has 8 heteroatoms. The SMILES string of the molecule is CCN(CC)C(=O)[C@H]1CCCN(C(=S)Nc2ccc3nc[nH]c(=O)c3c2)C1. The first-order valence-electron chi connectivity index (χ1n) is 9.35. The van der Waals surface area contributed by atoms with E-state index in [9.17, 15) is 9.59 Å². The Morgan fingerprint density at radius 3 is 2.93 bits per heavy atom. The summed E-state index contributed by atoms with van der Waals surface area (Å²) in [5.41, 5.74) is 1.19. The van der Waals surface area contributed by atoms with Crippen molar-refractivity contribution in [3.63, 3.8) is 0 Å². The first-order valence-corrected chi connectivity index (χ1v) is 9.76. The molecule has 0 saturated carbocycles. The molecular weight excluding hydrogens is 362 g/mol. The fraction of sp³-hybridized carbons (Fsp3) is 0.474. The number of piperidine rings is 1. The predicted octanol–water partition coefficient (Wildman–Crippen LogP) is 2.20. The lowest BCUT2D eigenvalue weighted by Gasteiger charge is -2.36. The number of nitrogens with one attached hydrogen (secondary N) is 2. The van der Waals surface area contributed by atoms with Crippen LogP contribution in [0.2, 0.25) is 0 Å². The lowest BCUT2D eigenvalue weighted by molar-refractivity contribution is -0.136. The second-order valence-electron chi connectivity index (χ2n) is 6.69. The highest BCUT2D eigenvalue weighted by molar-refractivity contribution is 7.80. The van der Waals surface area contributed by atoms with Crippen molar-refractivity contribution in [1.29, 1.82) is 0 Å². The van der Waals surface area contributed by atoms with Crippen molar-refractivity contribution in [2.24, 2.45) is 5.92 Å². The maximum absolute atomic E-state index is 12.7. The van der Waals surface area contributed by atoms with E-state index in [4.69, 9.17) is 12.2 Å². The Morgan fingerprint density at radius 2 is 2.19 bits per heavy atom. The molecule has 1 atom stereocenters. The van der Waals surface area contributed by atoms with Crippen LogP contribution in [0, 0.1) is 5.92 Å². The fourth-order valence-corrected chi connectivity index (χ4v) is 3.79. The summed E-state index contributed by atoms with van der Waals surface area (Å²) in [5.74, 6) is 0.179. The molecule has 7 nitrogen and oxygen atoms in total. The van der Waals surface area contributed by atoms with Crippen molar-refractivity contribution in [1.82, 2.24) is 19.8 Å². The van der Waals surface area contributed by atoms with Crippen LogP contribution in [0.25, 0.3) is 10.9 Å². The number of benzene rings is 1. The quantitative estimate of drug-likeness (QED) is 0.783. The molecule has 1 fully saturated rings. The summed E-state index contributed by atoms with van der Waals surface area (Å²) in [7, 11) is 0. The Kier molecular flexibility index (Phi) is 6.05. The smallest absolute Gasteiger partial charge is 0.258 e. The third-order valence-electron chi connectivity index (χ3n) is 5.02. The summed E-state index contributed by atoms with van der Waals surface area (Å²) >= 11 is 5.56. The number of nitrogens with zero attached hydrogens (tertiary/aromatic N) is 3. The van der Waals surface area contributed by atoms with Gasteiger partial charge in [-0.2, -0.15) is 0 Å². The Labute approximate surface area is 163 Å². The van der Waals surface area contributed by atoms with Gasteiger partial charge in [-0.3, -0.25) is 9.59 Å². The van der Waals surface area contributed by atoms with Crippen LogP contribution >= 0.6 is 12.2 Å². The Hall–Kier alpha value is -2.48. The Bertz CT molecular complexity index is 893. The summed E-state index contributed by atoms with van der Waals surface area (Å²) in [5, 5.41) is 4.29. The van der Waals surface area contributed by atoms with Gasteiger partial charge in [0.2, 0.25) is 5.91 Å². The summed E-state index contributed by atoms with van der Waals surface area (Å²) in [6, 6.07) is 5.39. The molecule has 0 unspecified atom stereocenters. The van der Waals surface area contributed by atoms with E-state index in [-0.39, 0.29) is 17.4 Å². The number of carbonyl (C=O) groups excluding carboxylic acids is 1. The molecule has 27 heavy (non-hydrogen) atoms. The van der Waals surface area contributed by atoms with Gasteiger partial charge < -0.3 is 20.1 Å². The average molecular weight is 388 g/mol. The van der Waals surface area contributed by atoms with Crippen LogP contribution in [0.3, 0.4) is 0 Å². The molecule has 0 spiro atoms. The normalized spacial score (nSPS) is 17.0. The van der Waals surface area contributed by atoms with E-state index in [0.717, 1.165) is 38.2 Å². The van der Waals surface area contributed by atoms with E-state index in [1.807, 2.05) is 29.7 Å². The van der Waals surface area contributed by atoms with Gasteiger partial charge in [-0.05, 0) is 57.1 Å². The number of anilines is 1. The number of rotatable bonds is 4. The number of hydrogen-bond donors (Lipinski definition) is 2. The van der Waals surface area contributed by atoms with Crippen molar-refractivity contribution >= 4 is 39.8 Å². The standard InChI is InChI=1S/C19H25N5O2S/c1-3-23(4-2)18(26)13-6-5-9-24(11-13)19(27)22-14-7-8-16-15(10-14)17(25)21-12-20-16/h7-8,10,12-13H,3-6,9,11H2,1-2H3,(H,22,27)(H,20,21,25)/t13-/m0/s1. The predicted molar refractivity (Wildman–Crippen MR) is 111 cm³/mol. The summed E-state index contributed by atoms with van der Waals surface area (Å²) in [6.07, 6.45) is 3.22. The van der Waals surface area contributed by atoms with Gasteiger partial charge in [0.25, 0.3) is 5.56 Å². The van der Waals surface area contributed by atoms with E-state index in [1.165, 1.54) is 6.33 Å². The minimum atomic E-state index is -0.183. The highest BCUT2D eigenvalue weighted by Crippen LogP contribution is 2.21. The van der Waals surface area contributed by atoms with Crippen LogP contribution in [-0.4, -0.2) is 57.0 Å². The molecule has 1 amide bonds. The third kappa shape index (κ3) is 4.27. The third-order valence-corrected chi connectivity index (χ3v) is 5.38. The fourth-order valence-electron chi connectivity index (χ4n) is 3.51. The van der Waals surface area contributed by atoms with Gasteiger partial charge in [0.05, 0.1) is 23.1 Å². The van der Waals surface area contributed by atoms with Crippen molar-refractivity contribution in [3.05, 3.63) is 34.9 Å². The number of likely N-dealkylation sites (tertiary alicyclic amines) is 1. The van der Waals surface area contributed by atoms with E-state index in [0.29, 0.717) is 22.6 Å². The van der Waals surface area contributed by atoms with Gasteiger partial charge in [0.1, 0.15) is 0 Å². The van der Waals surface area contributed by atoms with Crippen LogP contribution < -0.4 is 10.9 Å². The molecule has 1 aliphatic rings. The number of aromatic nitrogens is 2. The van der Waals surface area contributed by atoms with Crippen LogP contribution in [0.1, 0.15) is 26.7 Å². The summed E-state index contributed by atoms with van der Waals surface area (Å²) in [6.45, 7) is 6.91. The summed E-state index contributed by atoms with van der Waals surface area (Å²) < 4.78 is 0. The number of thiocarbonyl (C=S) groups is 1. The maximum atomic E-state index is 12.7. The number of H-pyrrole nitrogens is 1. The van der Waals surface area contributed by atoms with Gasteiger partial charge in [0.15, 0.2) is 5.11 Å². The number of amides is 1. The zero-order chi connectivity index (χ0) is 19.4. The Morgan fingerprint density at radius 1 is 1.41 bits per heavy atom. The summed E-state index contributed by atoms with van der Waals surface area (Å²) in [4.78, 5) is 35.3. The molecule has 0 bridgehead atoms. The van der Waals surface area contributed by atoms with Crippen molar-refractivity contribution in [2.45, 2.75) is 26.7 Å². The molecule has 0 aliphatic carbocycles. The molecule has 0 radical (unpaired) electrons. The molecule has 2 aromatic rings. The lowest BCUT2D eigenvalue weighted by Crippen LogP contribution is -2.47. The van der Waals surface area contributed by atoms with Gasteiger partial charge in [0, 0.05) is 31.9 Å². The molecule has 1 aromatic carbocycles. The molecule has 2 heterocycles. The first-order chi connectivity index (χ1) is 13.0. The van der Waals surface area contributed by atoms with Crippen molar-refractivity contribution in [2.75, 3.05) is 31.5 Å². The molecule has 1 aliphatic heterocycles. The number of carbonyl (C=O) groups is 1. The van der Waals surface area contributed by atoms with Gasteiger partial charge in [-0.1, -0.05) is 0 Å². The molecule has 3 rings (SSSR count). The van der Waals surface area contributed by atoms with Gasteiger partial charge >= 0.3 is 0 Å². The maximum Gasteiger partial charge on any atom is 0.258 e. The van der Waals surface area contributed by atoms with Gasteiger partial charge in [-0.15, -0.1) is 0 Å². The highest BCUT2D eigenvalue weighted by Gasteiger charge is 2.29. The van der Waals surface area contributed by atoms with Crippen molar-refractivity contribution < 1.29 is 4.79 Å².